The van der Waals surface area contributed by atoms with Gasteiger partial charge in [0.25, 0.3) is 0 Å². The Morgan fingerprint density at radius 2 is 2.33 bits per heavy atom. The first-order chi connectivity index (χ1) is 7.17. The van der Waals surface area contributed by atoms with Crippen LogP contribution in [0.1, 0.15) is 12.0 Å². The molecule has 1 amide bonds. The number of anilines is 1. The van der Waals surface area contributed by atoms with E-state index in [1.165, 1.54) is 6.07 Å². The van der Waals surface area contributed by atoms with E-state index in [1.54, 1.807) is 12.1 Å². The molecule has 0 saturated carbocycles. The SMILES string of the molecule is N#Cc1cc(NC(=O)CCN)ccc1Cl. The lowest BCUT2D eigenvalue weighted by Gasteiger charge is -2.04. The normalized spacial score (nSPS) is 9.40. The van der Waals surface area contributed by atoms with Gasteiger partial charge in [-0.2, -0.15) is 5.26 Å². The number of nitrogens with zero attached hydrogens (tertiary/aromatic N) is 1. The van der Waals surface area contributed by atoms with E-state index in [2.05, 4.69) is 5.32 Å². The predicted octanol–water partition coefficient (Wildman–Crippen LogP) is 1.50. The van der Waals surface area contributed by atoms with Crippen molar-refractivity contribution in [3.8, 4) is 6.07 Å². The molecular formula is C10H10ClN3O. The minimum absolute atomic E-state index is 0.177. The molecule has 0 bridgehead atoms. The second-order valence-electron chi connectivity index (χ2n) is 2.89. The second-order valence-corrected chi connectivity index (χ2v) is 3.30. The van der Waals surface area contributed by atoms with E-state index in [9.17, 15) is 4.79 Å². The highest BCUT2D eigenvalue weighted by Gasteiger charge is 2.04. The van der Waals surface area contributed by atoms with Crippen LogP contribution in [0.3, 0.4) is 0 Å². The summed E-state index contributed by atoms with van der Waals surface area (Å²) in [6.45, 7) is 0.296. The molecule has 1 aromatic rings. The summed E-state index contributed by atoms with van der Waals surface area (Å²) in [6, 6.07) is 6.66. The lowest BCUT2D eigenvalue weighted by molar-refractivity contribution is -0.116. The van der Waals surface area contributed by atoms with Crippen LogP contribution in [-0.4, -0.2) is 12.5 Å². The summed E-state index contributed by atoms with van der Waals surface area (Å²) in [4.78, 5) is 11.2. The van der Waals surface area contributed by atoms with Crippen molar-refractivity contribution in [3.05, 3.63) is 28.8 Å². The fourth-order valence-electron chi connectivity index (χ4n) is 1.04. The van der Waals surface area contributed by atoms with Crippen molar-refractivity contribution in [2.75, 3.05) is 11.9 Å². The summed E-state index contributed by atoms with van der Waals surface area (Å²) >= 11 is 5.74. The number of nitriles is 1. The fraction of sp³-hybridized carbons (Fsp3) is 0.200. The van der Waals surface area contributed by atoms with Crippen molar-refractivity contribution in [3.63, 3.8) is 0 Å². The summed E-state index contributed by atoms with van der Waals surface area (Å²) in [5.41, 5.74) is 6.11. The van der Waals surface area contributed by atoms with Gasteiger partial charge in [0.1, 0.15) is 6.07 Å². The van der Waals surface area contributed by atoms with E-state index in [0.717, 1.165) is 0 Å². The third-order valence-corrected chi connectivity index (χ3v) is 2.07. The minimum atomic E-state index is -0.177. The molecule has 78 valence electrons. The van der Waals surface area contributed by atoms with E-state index in [-0.39, 0.29) is 12.3 Å². The van der Waals surface area contributed by atoms with Crippen molar-refractivity contribution in [1.82, 2.24) is 0 Å². The van der Waals surface area contributed by atoms with Crippen LogP contribution >= 0.6 is 11.6 Å². The van der Waals surface area contributed by atoms with Crippen LogP contribution in [0.4, 0.5) is 5.69 Å². The molecule has 1 aromatic carbocycles. The number of nitrogens with two attached hydrogens (primary N) is 1. The minimum Gasteiger partial charge on any atom is -0.330 e. The van der Waals surface area contributed by atoms with Gasteiger partial charge in [0.05, 0.1) is 10.6 Å². The van der Waals surface area contributed by atoms with Crippen LogP contribution in [0.25, 0.3) is 0 Å². The molecule has 0 atom stereocenters. The molecule has 4 nitrogen and oxygen atoms in total. The highest BCUT2D eigenvalue weighted by molar-refractivity contribution is 6.31. The molecule has 5 heteroatoms. The molecule has 0 spiro atoms. The van der Waals surface area contributed by atoms with Crippen molar-refractivity contribution >= 4 is 23.2 Å². The molecule has 0 aliphatic rings. The molecular weight excluding hydrogens is 214 g/mol. The molecule has 1 rings (SSSR count). The van der Waals surface area contributed by atoms with Crippen LogP contribution in [0.15, 0.2) is 18.2 Å². The maximum absolute atomic E-state index is 11.2. The van der Waals surface area contributed by atoms with Gasteiger partial charge in [-0.25, -0.2) is 0 Å². The van der Waals surface area contributed by atoms with Crippen LogP contribution in [-0.2, 0) is 4.79 Å². The predicted molar refractivity (Wildman–Crippen MR) is 58.5 cm³/mol. The molecule has 0 aliphatic carbocycles. The van der Waals surface area contributed by atoms with E-state index < -0.39 is 0 Å². The summed E-state index contributed by atoms with van der Waals surface area (Å²) in [5, 5.41) is 11.7. The van der Waals surface area contributed by atoms with Gasteiger partial charge in [-0.15, -0.1) is 0 Å². The van der Waals surface area contributed by atoms with E-state index >= 15 is 0 Å². The maximum atomic E-state index is 11.2. The number of hydrogen-bond acceptors (Lipinski definition) is 3. The Labute approximate surface area is 92.6 Å². The van der Waals surface area contributed by atoms with Gasteiger partial charge < -0.3 is 11.1 Å². The molecule has 0 unspecified atom stereocenters. The molecule has 0 aromatic heterocycles. The van der Waals surface area contributed by atoms with Crippen molar-refractivity contribution < 1.29 is 4.79 Å². The first kappa shape index (κ1) is 11.5. The van der Waals surface area contributed by atoms with Gasteiger partial charge in [-0.1, -0.05) is 11.6 Å². The Bertz CT molecular complexity index is 412. The standard InChI is InChI=1S/C10H10ClN3O/c11-9-2-1-8(5-7(9)6-13)14-10(15)3-4-12/h1-2,5H,3-4,12H2,(H,14,15). The number of amides is 1. The number of nitrogens with one attached hydrogen (secondary N) is 1. The number of halogens is 1. The lowest BCUT2D eigenvalue weighted by Crippen LogP contribution is -2.16. The Balaban J connectivity index is 2.80. The largest absolute Gasteiger partial charge is 0.330 e. The molecule has 15 heavy (non-hydrogen) atoms. The van der Waals surface area contributed by atoms with Crippen LogP contribution in [0.5, 0.6) is 0 Å². The van der Waals surface area contributed by atoms with Crippen LogP contribution in [0.2, 0.25) is 5.02 Å². The zero-order valence-electron chi connectivity index (χ0n) is 7.96. The first-order valence-corrected chi connectivity index (χ1v) is 4.74. The number of rotatable bonds is 3. The van der Waals surface area contributed by atoms with E-state index in [0.29, 0.717) is 22.8 Å². The summed E-state index contributed by atoms with van der Waals surface area (Å²) in [6.07, 6.45) is 0.254. The van der Waals surface area contributed by atoms with Gasteiger partial charge in [0.15, 0.2) is 0 Å². The summed E-state index contributed by atoms with van der Waals surface area (Å²) in [5.74, 6) is -0.177. The smallest absolute Gasteiger partial charge is 0.225 e. The quantitative estimate of drug-likeness (QED) is 0.815. The van der Waals surface area contributed by atoms with E-state index in [1.807, 2.05) is 6.07 Å². The topological polar surface area (TPSA) is 78.9 Å². The number of hydrogen-bond donors (Lipinski definition) is 2. The Hall–Kier alpha value is -1.57. The summed E-state index contributed by atoms with van der Waals surface area (Å²) in [7, 11) is 0. The highest BCUT2D eigenvalue weighted by atomic mass is 35.5. The lowest BCUT2D eigenvalue weighted by atomic mass is 10.2. The van der Waals surface area contributed by atoms with Crippen molar-refractivity contribution in [2.45, 2.75) is 6.42 Å². The number of benzene rings is 1. The van der Waals surface area contributed by atoms with Gasteiger partial charge >= 0.3 is 0 Å². The number of carbonyl (C=O) groups excluding carboxylic acids is 1. The number of carbonyl (C=O) groups is 1. The zero-order valence-corrected chi connectivity index (χ0v) is 8.71. The maximum Gasteiger partial charge on any atom is 0.225 e. The molecule has 0 radical (unpaired) electrons. The van der Waals surface area contributed by atoms with E-state index in [4.69, 9.17) is 22.6 Å². The molecule has 0 heterocycles. The third-order valence-electron chi connectivity index (χ3n) is 1.74. The fourth-order valence-corrected chi connectivity index (χ4v) is 1.20. The monoisotopic (exact) mass is 223 g/mol. The van der Waals surface area contributed by atoms with Crippen LogP contribution < -0.4 is 11.1 Å². The Kier molecular flexibility index (Phi) is 4.10. The third kappa shape index (κ3) is 3.24. The molecule has 3 N–H and O–H groups in total. The van der Waals surface area contributed by atoms with Crippen molar-refractivity contribution in [2.24, 2.45) is 5.73 Å². The zero-order chi connectivity index (χ0) is 11.3. The Morgan fingerprint density at radius 1 is 1.60 bits per heavy atom. The van der Waals surface area contributed by atoms with Gasteiger partial charge in [0, 0.05) is 18.7 Å². The molecule has 0 saturated heterocycles. The summed E-state index contributed by atoms with van der Waals surface area (Å²) < 4.78 is 0. The van der Waals surface area contributed by atoms with Gasteiger partial charge in [-0.05, 0) is 18.2 Å². The molecule has 0 fully saturated rings. The average Bonchev–Trinajstić information content (AvgIpc) is 2.21. The van der Waals surface area contributed by atoms with Crippen molar-refractivity contribution in [1.29, 1.82) is 5.26 Å². The molecule has 0 aliphatic heterocycles. The highest BCUT2D eigenvalue weighted by Crippen LogP contribution is 2.19. The second kappa shape index (κ2) is 5.35. The van der Waals surface area contributed by atoms with Crippen LogP contribution in [0, 0.1) is 11.3 Å². The Morgan fingerprint density at radius 3 is 2.93 bits per heavy atom. The van der Waals surface area contributed by atoms with Gasteiger partial charge in [0.2, 0.25) is 5.91 Å². The van der Waals surface area contributed by atoms with Gasteiger partial charge in [-0.3, -0.25) is 4.79 Å². The first-order valence-electron chi connectivity index (χ1n) is 4.37. The average molecular weight is 224 g/mol.